The van der Waals surface area contributed by atoms with E-state index in [-0.39, 0.29) is 5.41 Å². The van der Waals surface area contributed by atoms with Crippen LogP contribution in [0, 0.1) is 0 Å². The molecule has 2 saturated heterocycles. The molecule has 0 saturated carbocycles. The Morgan fingerprint density at radius 1 is 1.12 bits per heavy atom. The molecule has 1 aliphatic carbocycles. The maximum atomic E-state index is 5.51. The smallest absolute Gasteiger partial charge is 0.132 e. The van der Waals surface area contributed by atoms with Crippen LogP contribution in [0.25, 0.3) is 6.08 Å². The Bertz CT molecular complexity index is 802. The summed E-state index contributed by atoms with van der Waals surface area (Å²) in [5.74, 6) is 1.50. The lowest BCUT2D eigenvalue weighted by Crippen LogP contribution is -2.41. The molecule has 0 radical (unpaired) electrons. The van der Waals surface area contributed by atoms with E-state index in [9.17, 15) is 0 Å². The van der Waals surface area contributed by atoms with Crippen molar-refractivity contribution in [3.63, 3.8) is 0 Å². The van der Waals surface area contributed by atoms with Gasteiger partial charge in [0.15, 0.2) is 0 Å². The van der Waals surface area contributed by atoms with Crippen molar-refractivity contribution in [2.24, 2.45) is 0 Å². The molecule has 1 spiro atoms. The minimum atomic E-state index is 0.224. The van der Waals surface area contributed by atoms with E-state index in [0.717, 1.165) is 57.1 Å². The molecule has 128 valence electrons. The Kier molecular flexibility index (Phi) is 3.59. The highest BCUT2D eigenvalue weighted by Crippen LogP contribution is 2.44. The fraction of sp³-hybridized carbons (Fsp3) is 0.429. The third-order valence-electron chi connectivity index (χ3n) is 6.08. The molecule has 5 rings (SSSR count). The van der Waals surface area contributed by atoms with Crippen molar-refractivity contribution >= 4 is 11.9 Å². The SMILES string of the molecule is C1=CC2(CCN(c3cc([C@H]4CCOC4)ncn3)CC2)c2ccccc21. The second-order valence-electron chi connectivity index (χ2n) is 7.43. The van der Waals surface area contributed by atoms with Gasteiger partial charge in [-0.2, -0.15) is 0 Å². The molecule has 0 bridgehead atoms. The predicted octanol–water partition coefficient (Wildman–Crippen LogP) is 3.55. The van der Waals surface area contributed by atoms with E-state index in [2.05, 4.69) is 57.4 Å². The topological polar surface area (TPSA) is 38.2 Å². The fourth-order valence-electron chi connectivity index (χ4n) is 4.53. The number of fused-ring (bicyclic) bond motifs is 2. The van der Waals surface area contributed by atoms with Gasteiger partial charge in [0.05, 0.1) is 12.3 Å². The van der Waals surface area contributed by atoms with Crippen LogP contribution in [0.3, 0.4) is 0 Å². The molecule has 0 amide bonds. The number of benzene rings is 1. The summed E-state index contributed by atoms with van der Waals surface area (Å²) in [5, 5.41) is 0. The van der Waals surface area contributed by atoms with Crippen molar-refractivity contribution in [2.75, 3.05) is 31.2 Å². The summed E-state index contributed by atoms with van der Waals surface area (Å²) in [5.41, 5.74) is 4.25. The van der Waals surface area contributed by atoms with Gasteiger partial charge in [0.25, 0.3) is 0 Å². The maximum absolute atomic E-state index is 5.51. The van der Waals surface area contributed by atoms with E-state index in [1.54, 1.807) is 6.33 Å². The van der Waals surface area contributed by atoms with Gasteiger partial charge in [-0.3, -0.25) is 0 Å². The standard InChI is InChI=1S/C21H23N3O/c1-2-4-18-16(3-1)5-7-21(18)8-10-24(11-9-21)20-13-19(22-15-23-20)17-6-12-25-14-17/h1-5,7,13,15,17H,6,8-12,14H2/t17-/m0/s1. The van der Waals surface area contributed by atoms with Crippen molar-refractivity contribution in [2.45, 2.75) is 30.6 Å². The largest absolute Gasteiger partial charge is 0.381 e. The molecule has 3 heterocycles. The fourth-order valence-corrected chi connectivity index (χ4v) is 4.53. The molecule has 4 heteroatoms. The lowest BCUT2D eigenvalue weighted by Gasteiger charge is -2.39. The molecular weight excluding hydrogens is 310 g/mol. The second-order valence-corrected chi connectivity index (χ2v) is 7.43. The van der Waals surface area contributed by atoms with Crippen LogP contribution in [0.4, 0.5) is 5.82 Å². The molecule has 2 fully saturated rings. The van der Waals surface area contributed by atoms with E-state index in [1.807, 2.05) is 0 Å². The number of aromatic nitrogens is 2. The average molecular weight is 333 g/mol. The first-order chi connectivity index (χ1) is 12.3. The minimum absolute atomic E-state index is 0.224. The third-order valence-corrected chi connectivity index (χ3v) is 6.08. The number of hydrogen-bond acceptors (Lipinski definition) is 4. The summed E-state index contributed by atoms with van der Waals surface area (Å²) in [6.07, 6.45) is 9.81. The zero-order valence-corrected chi connectivity index (χ0v) is 14.4. The Hall–Kier alpha value is -2.20. The highest BCUT2D eigenvalue weighted by molar-refractivity contribution is 5.65. The van der Waals surface area contributed by atoms with Crippen LogP contribution >= 0.6 is 0 Å². The van der Waals surface area contributed by atoms with Crippen LogP contribution in [-0.4, -0.2) is 36.3 Å². The highest BCUT2D eigenvalue weighted by Gasteiger charge is 2.38. The van der Waals surface area contributed by atoms with Crippen LogP contribution in [0.15, 0.2) is 42.7 Å². The zero-order valence-electron chi connectivity index (χ0n) is 14.4. The van der Waals surface area contributed by atoms with Gasteiger partial charge in [-0.1, -0.05) is 36.4 Å². The molecule has 3 aliphatic rings. The van der Waals surface area contributed by atoms with Crippen LogP contribution in [0.2, 0.25) is 0 Å². The van der Waals surface area contributed by atoms with Crippen LogP contribution in [-0.2, 0) is 10.2 Å². The first-order valence-electron chi connectivity index (χ1n) is 9.27. The summed E-state index contributed by atoms with van der Waals surface area (Å²) >= 11 is 0. The Balaban J connectivity index is 1.34. The van der Waals surface area contributed by atoms with E-state index >= 15 is 0 Å². The van der Waals surface area contributed by atoms with Crippen LogP contribution in [0.1, 0.15) is 42.0 Å². The van der Waals surface area contributed by atoms with Crippen molar-refractivity contribution in [3.8, 4) is 0 Å². The van der Waals surface area contributed by atoms with Crippen LogP contribution < -0.4 is 4.90 Å². The number of ether oxygens (including phenoxy) is 1. The van der Waals surface area contributed by atoms with Gasteiger partial charge in [0.1, 0.15) is 12.1 Å². The summed E-state index contributed by atoms with van der Waals surface area (Å²) in [6, 6.07) is 11.0. The number of rotatable bonds is 2. The van der Waals surface area contributed by atoms with Crippen molar-refractivity contribution in [1.82, 2.24) is 9.97 Å². The summed E-state index contributed by atoms with van der Waals surface area (Å²) in [4.78, 5) is 11.5. The van der Waals surface area contributed by atoms with Crippen molar-refractivity contribution in [3.05, 3.63) is 59.6 Å². The predicted molar refractivity (Wildman–Crippen MR) is 98.8 cm³/mol. The highest BCUT2D eigenvalue weighted by atomic mass is 16.5. The molecular formula is C21H23N3O. The first kappa shape index (κ1) is 15.1. The van der Waals surface area contributed by atoms with Crippen molar-refractivity contribution < 1.29 is 4.74 Å². The van der Waals surface area contributed by atoms with Crippen LogP contribution in [0.5, 0.6) is 0 Å². The van der Waals surface area contributed by atoms with E-state index in [4.69, 9.17) is 4.74 Å². The van der Waals surface area contributed by atoms with Gasteiger partial charge >= 0.3 is 0 Å². The summed E-state index contributed by atoms with van der Waals surface area (Å²) < 4.78 is 5.51. The molecule has 0 unspecified atom stereocenters. The quantitative estimate of drug-likeness (QED) is 0.842. The van der Waals surface area contributed by atoms with E-state index in [0.29, 0.717) is 5.92 Å². The van der Waals surface area contributed by atoms with Gasteiger partial charge in [0, 0.05) is 37.1 Å². The summed E-state index contributed by atoms with van der Waals surface area (Å²) in [7, 11) is 0. The maximum Gasteiger partial charge on any atom is 0.132 e. The van der Waals surface area contributed by atoms with Crippen molar-refractivity contribution in [1.29, 1.82) is 0 Å². The molecule has 2 aromatic rings. The monoisotopic (exact) mass is 333 g/mol. The second kappa shape index (κ2) is 5.95. The molecule has 1 aromatic carbocycles. The lowest BCUT2D eigenvalue weighted by atomic mass is 9.74. The number of nitrogens with zero attached hydrogens (tertiary/aromatic N) is 3. The number of hydrogen-bond donors (Lipinski definition) is 0. The molecule has 0 N–H and O–H groups in total. The molecule has 1 aromatic heterocycles. The van der Waals surface area contributed by atoms with Gasteiger partial charge < -0.3 is 9.64 Å². The minimum Gasteiger partial charge on any atom is -0.381 e. The van der Waals surface area contributed by atoms with E-state index < -0.39 is 0 Å². The normalized spacial score (nSPS) is 24.0. The van der Waals surface area contributed by atoms with E-state index in [1.165, 1.54) is 11.1 Å². The van der Waals surface area contributed by atoms with Gasteiger partial charge in [-0.25, -0.2) is 9.97 Å². The van der Waals surface area contributed by atoms with Gasteiger partial charge in [-0.05, 0) is 30.4 Å². The molecule has 25 heavy (non-hydrogen) atoms. The Morgan fingerprint density at radius 2 is 2.00 bits per heavy atom. The number of anilines is 1. The Morgan fingerprint density at radius 3 is 2.84 bits per heavy atom. The Labute approximate surface area is 148 Å². The average Bonchev–Trinajstić information content (AvgIpc) is 3.33. The zero-order chi connectivity index (χ0) is 16.7. The number of piperidine rings is 1. The molecule has 1 atom stereocenters. The first-order valence-corrected chi connectivity index (χ1v) is 9.27. The molecule has 4 nitrogen and oxygen atoms in total. The third kappa shape index (κ3) is 2.56. The lowest BCUT2D eigenvalue weighted by molar-refractivity contribution is 0.193. The van der Waals surface area contributed by atoms with Gasteiger partial charge in [0.2, 0.25) is 0 Å². The van der Waals surface area contributed by atoms with Gasteiger partial charge in [-0.15, -0.1) is 0 Å². The number of allylic oxidation sites excluding steroid dienone is 1. The summed E-state index contributed by atoms with van der Waals surface area (Å²) in [6.45, 7) is 3.72. The molecule has 2 aliphatic heterocycles.